The third-order valence-corrected chi connectivity index (χ3v) is 2.96. The number of nitrogens with one attached hydrogen (secondary N) is 1. The van der Waals surface area contributed by atoms with Gasteiger partial charge in [-0.3, -0.25) is 4.79 Å². The first-order valence-electron chi connectivity index (χ1n) is 5.39. The van der Waals surface area contributed by atoms with Crippen molar-refractivity contribution in [1.82, 2.24) is 10.2 Å². The Hall–Kier alpha value is -1.56. The molecule has 0 heterocycles. The summed E-state index contributed by atoms with van der Waals surface area (Å²) in [6.07, 6.45) is 0. The Morgan fingerprint density at radius 3 is 2.44 bits per heavy atom. The predicted molar refractivity (Wildman–Crippen MR) is 71.4 cm³/mol. The van der Waals surface area contributed by atoms with E-state index in [0.717, 1.165) is 14.9 Å². The van der Waals surface area contributed by atoms with E-state index >= 15 is 0 Å². The van der Waals surface area contributed by atoms with Crippen LogP contribution in [0, 0.1) is 0 Å². The fraction of sp³-hybridized carbons (Fsp3) is 0.333. The van der Waals surface area contributed by atoms with Gasteiger partial charge in [0.1, 0.15) is 6.54 Å². The van der Waals surface area contributed by atoms with E-state index in [0.29, 0.717) is 0 Å². The smallest absolute Gasteiger partial charge is 0.323 e. The highest BCUT2D eigenvalue weighted by Crippen LogP contribution is 2.16. The van der Waals surface area contributed by atoms with Crippen LogP contribution in [0.2, 0.25) is 0 Å². The number of likely N-dealkylation sites (N-methyl/N-ethyl adjacent to an activating group) is 1. The highest BCUT2D eigenvalue weighted by atomic mass is 79.9. The van der Waals surface area contributed by atoms with Gasteiger partial charge in [0.25, 0.3) is 0 Å². The molecule has 98 valence electrons. The molecule has 0 aromatic heterocycles. The molecule has 0 spiro atoms. The van der Waals surface area contributed by atoms with Gasteiger partial charge in [-0.05, 0) is 24.6 Å². The van der Waals surface area contributed by atoms with E-state index in [9.17, 15) is 9.59 Å². The molecule has 0 saturated carbocycles. The fourth-order valence-corrected chi connectivity index (χ4v) is 1.67. The monoisotopic (exact) mass is 314 g/mol. The van der Waals surface area contributed by atoms with Gasteiger partial charge >= 0.3 is 12.0 Å². The molecule has 6 heteroatoms. The second kappa shape index (κ2) is 6.39. The maximum Gasteiger partial charge on any atom is 0.323 e. The molecule has 1 aromatic carbocycles. The number of carboxylic acids is 1. The number of carboxylic acid groups (broad SMARTS) is 1. The number of hydrogen-bond acceptors (Lipinski definition) is 2. The Kier molecular flexibility index (Phi) is 5.15. The number of carbonyl (C=O) groups is 2. The second-order valence-corrected chi connectivity index (χ2v) is 4.89. The van der Waals surface area contributed by atoms with Crippen LogP contribution in [0.3, 0.4) is 0 Å². The summed E-state index contributed by atoms with van der Waals surface area (Å²) >= 11 is 3.33. The fourth-order valence-electron chi connectivity index (χ4n) is 1.40. The highest BCUT2D eigenvalue weighted by molar-refractivity contribution is 9.10. The largest absolute Gasteiger partial charge is 0.480 e. The minimum Gasteiger partial charge on any atom is -0.480 e. The van der Waals surface area contributed by atoms with E-state index in [1.54, 1.807) is 0 Å². The molecule has 0 aliphatic rings. The van der Waals surface area contributed by atoms with Crippen LogP contribution < -0.4 is 5.32 Å². The molecule has 1 rings (SSSR count). The minimum atomic E-state index is -1.04. The van der Waals surface area contributed by atoms with E-state index in [2.05, 4.69) is 21.2 Å². The van der Waals surface area contributed by atoms with Crippen LogP contribution in [0.1, 0.15) is 18.5 Å². The highest BCUT2D eigenvalue weighted by Gasteiger charge is 2.15. The summed E-state index contributed by atoms with van der Waals surface area (Å²) in [4.78, 5) is 23.3. The molecule has 0 fully saturated rings. The van der Waals surface area contributed by atoms with Gasteiger partial charge in [0.2, 0.25) is 0 Å². The SMILES string of the molecule is CC(NC(=O)N(C)CC(=O)O)c1ccc(Br)cc1. The second-order valence-electron chi connectivity index (χ2n) is 3.97. The molecule has 5 nitrogen and oxygen atoms in total. The van der Waals surface area contributed by atoms with Gasteiger partial charge < -0.3 is 15.3 Å². The first-order chi connectivity index (χ1) is 8.40. The van der Waals surface area contributed by atoms with Gasteiger partial charge in [-0.25, -0.2) is 4.79 Å². The van der Waals surface area contributed by atoms with E-state index < -0.39 is 12.0 Å². The third-order valence-electron chi connectivity index (χ3n) is 2.43. The number of hydrogen-bond donors (Lipinski definition) is 2. The standard InChI is InChI=1S/C12H15BrN2O3/c1-8(9-3-5-10(13)6-4-9)14-12(18)15(2)7-11(16)17/h3-6,8H,7H2,1-2H3,(H,14,18)(H,16,17). The Morgan fingerprint density at radius 1 is 1.39 bits per heavy atom. The first kappa shape index (κ1) is 14.5. The average Bonchev–Trinajstić information content (AvgIpc) is 2.28. The molecule has 0 radical (unpaired) electrons. The molecular formula is C12H15BrN2O3. The molecule has 0 saturated heterocycles. The normalized spacial score (nSPS) is 11.7. The Morgan fingerprint density at radius 2 is 1.94 bits per heavy atom. The van der Waals surface area contributed by atoms with Gasteiger partial charge in [0, 0.05) is 11.5 Å². The van der Waals surface area contributed by atoms with E-state index in [1.165, 1.54) is 7.05 Å². The van der Waals surface area contributed by atoms with Crippen molar-refractivity contribution in [1.29, 1.82) is 0 Å². The van der Waals surface area contributed by atoms with Crippen LogP contribution in [0.15, 0.2) is 28.7 Å². The van der Waals surface area contributed by atoms with Crippen LogP contribution in [0.5, 0.6) is 0 Å². The molecule has 1 unspecified atom stereocenters. The van der Waals surface area contributed by atoms with E-state index in [4.69, 9.17) is 5.11 Å². The van der Waals surface area contributed by atoms with Gasteiger partial charge in [0.15, 0.2) is 0 Å². The van der Waals surface area contributed by atoms with Crippen molar-refractivity contribution >= 4 is 27.9 Å². The molecule has 1 aromatic rings. The summed E-state index contributed by atoms with van der Waals surface area (Å²) in [5, 5.41) is 11.3. The van der Waals surface area contributed by atoms with E-state index in [1.807, 2.05) is 31.2 Å². The first-order valence-corrected chi connectivity index (χ1v) is 6.18. The lowest BCUT2D eigenvalue weighted by Crippen LogP contribution is -2.41. The lowest BCUT2D eigenvalue weighted by atomic mass is 10.1. The van der Waals surface area contributed by atoms with Crippen LogP contribution in [-0.4, -0.2) is 35.6 Å². The maximum absolute atomic E-state index is 11.7. The number of amides is 2. The lowest BCUT2D eigenvalue weighted by Gasteiger charge is -2.20. The molecule has 18 heavy (non-hydrogen) atoms. The number of nitrogens with zero attached hydrogens (tertiary/aromatic N) is 1. The number of aliphatic carboxylic acids is 1. The number of benzene rings is 1. The molecule has 2 N–H and O–H groups in total. The lowest BCUT2D eigenvalue weighted by molar-refractivity contribution is -0.137. The summed E-state index contributed by atoms with van der Waals surface area (Å²) in [7, 11) is 1.44. The molecule has 2 amide bonds. The zero-order valence-corrected chi connectivity index (χ0v) is 11.8. The topological polar surface area (TPSA) is 69.6 Å². The Labute approximate surface area is 114 Å². The zero-order chi connectivity index (χ0) is 13.7. The van der Waals surface area contributed by atoms with Crippen molar-refractivity contribution < 1.29 is 14.7 Å². The van der Waals surface area contributed by atoms with Gasteiger partial charge in [-0.2, -0.15) is 0 Å². The van der Waals surface area contributed by atoms with Crippen molar-refractivity contribution in [3.63, 3.8) is 0 Å². The van der Waals surface area contributed by atoms with Crippen molar-refractivity contribution in [2.45, 2.75) is 13.0 Å². The van der Waals surface area contributed by atoms with Crippen LogP contribution in [0.25, 0.3) is 0 Å². The van der Waals surface area contributed by atoms with E-state index in [-0.39, 0.29) is 12.6 Å². The number of carbonyl (C=O) groups excluding carboxylic acids is 1. The van der Waals surface area contributed by atoms with Crippen molar-refractivity contribution in [3.05, 3.63) is 34.3 Å². The molecular weight excluding hydrogens is 300 g/mol. The van der Waals surface area contributed by atoms with Crippen LogP contribution >= 0.6 is 15.9 Å². The molecule has 0 aliphatic carbocycles. The summed E-state index contributed by atoms with van der Waals surface area (Å²) < 4.78 is 0.966. The summed E-state index contributed by atoms with van der Waals surface area (Å²) in [5.74, 6) is -1.04. The minimum absolute atomic E-state index is 0.179. The van der Waals surface area contributed by atoms with Crippen LogP contribution in [0.4, 0.5) is 4.79 Å². The third kappa shape index (κ3) is 4.37. The zero-order valence-electron chi connectivity index (χ0n) is 10.2. The van der Waals surface area contributed by atoms with Crippen LogP contribution in [-0.2, 0) is 4.79 Å². The predicted octanol–water partition coefficient (Wildman–Crippen LogP) is 2.24. The maximum atomic E-state index is 11.7. The number of urea groups is 1. The summed E-state index contributed by atoms with van der Waals surface area (Å²) in [5.41, 5.74) is 0.954. The van der Waals surface area contributed by atoms with Gasteiger partial charge in [-0.1, -0.05) is 28.1 Å². The quantitative estimate of drug-likeness (QED) is 0.895. The summed E-state index contributed by atoms with van der Waals surface area (Å²) in [6, 6.07) is 6.98. The van der Waals surface area contributed by atoms with Gasteiger partial charge in [-0.15, -0.1) is 0 Å². The molecule has 0 bridgehead atoms. The molecule has 0 aliphatic heterocycles. The van der Waals surface area contributed by atoms with Gasteiger partial charge in [0.05, 0.1) is 6.04 Å². The van der Waals surface area contributed by atoms with Crippen molar-refractivity contribution in [2.24, 2.45) is 0 Å². The van der Waals surface area contributed by atoms with Crippen molar-refractivity contribution in [2.75, 3.05) is 13.6 Å². The van der Waals surface area contributed by atoms with Crippen molar-refractivity contribution in [3.8, 4) is 0 Å². The Balaban J connectivity index is 2.59. The molecule has 1 atom stereocenters. The average molecular weight is 315 g/mol. The summed E-state index contributed by atoms with van der Waals surface area (Å²) in [6.45, 7) is 1.52. The number of halogens is 1. The number of rotatable bonds is 4. The Bertz CT molecular complexity index is 433.